The lowest BCUT2D eigenvalue weighted by Crippen LogP contribution is -2.61. The number of amides is 1. The molecule has 1 amide bonds. The van der Waals surface area contributed by atoms with Gasteiger partial charge in [0.15, 0.2) is 12.4 Å². The van der Waals surface area contributed by atoms with Crippen LogP contribution in [-0.4, -0.2) is 98.1 Å². The van der Waals surface area contributed by atoms with Crippen molar-refractivity contribution in [2.45, 2.75) is 300 Å². The van der Waals surface area contributed by atoms with Crippen molar-refractivity contribution in [2.24, 2.45) is 0 Å². The van der Waals surface area contributed by atoms with E-state index in [1.165, 1.54) is 173 Å². The summed E-state index contributed by atoms with van der Waals surface area (Å²) in [6.07, 6.45) is 33.0. The maximum atomic E-state index is 13.0. The van der Waals surface area contributed by atoms with Gasteiger partial charge in [0, 0.05) is 6.42 Å². The summed E-state index contributed by atoms with van der Waals surface area (Å²) in [5, 5.41) is 64.9. The number of aliphatic carboxylic acids is 1. The Balaban J connectivity index is 2.30. The number of carbonyl (C=O) groups is 2. The minimum atomic E-state index is -1.87. The first-order valence-corrected chi connectivity index (χ1v) is 25.8. The third-order valence-corrected chi connectivity index (χ3v) is 12.8. The standard InChI is InChI=1S/C50H97NO10/c1-3-5-7-9-11-13-15-17-18-19-20-21-22-23-24-25-26-27-29-31-33-35-37-39-43(53)51-41(40-60-50-47(57)45(55)46(56)48(61-50)49(58)59)44(54)42(52)38-36-34-32-30-28-16-14-12-10-8-6-4-2/h41-42,44-48,50,52,54-57H,3-40H2,1-2H3,(H,51,53)(H,58,59)/t41-,42+,44-,45?,46?,47?,48?,50?/m0/s1. The Morgan fingerprint density at radius 1 is 0.508 bits per heavy atom. The third-order valence-electron chi connectivity index (χ3n) is 12.8. The summed E-state index contributed by atoms with van der Waals surface area (Å²) in [7, 11) is 0. The Labute approximate surface area is 372 Å². The van der Waals surface area contributed by atoms with Crippen LogP contribution < -0.4 is 5.32 Å². The molecule has 0 aromatic heterocycles. The molecule has 0 radical (unpaired) electrons. The van der Waals surface area contributed by atoms with Crippen LogP contribution in [0.5, 0.6) is 0 Å². The highest BCUT2D eigenvalue weighted by Crippen LogP contribution is 2.24. The molecule has 1 heterocycles. The van der Waals surface area contributed by atoms with E-state index in [1.807, 2.05) is 0 Å². The molecule has 7 N–H and O–H groups in total. The van der Waals surface area contributed by atoms with Gasteiger partial charge in [0.05, 0.1) is 18.8 Å². The first-order valence-electron chi connectivity index (χ1n) is 25.8. The Kier molecular flexibility index (Phi) is 38.0. The van der Waals surface area contributed by atoms with Gasteiger partial charge in [-0.3, -0.25) is 4.79 Å². The molecular weight excluding hydrogens is 775 g/mol. The molecule has 362 valence electrons. The maximum absolute atomic E-state index is 13.0. The van der Waals surface area contributed by atoms with E-state index in [9.17, 15) is 40.2 Å². The van der Waals surface area contributed by atoms with Crippen molar-refractivity contribution in [3.63, 3.8) is 0 Å². The van der Waals surface area contributed by atoms with Gasteiger partial charge < -0.3 is 45.4 Å². The number of rotatable bonds is 44. The summed E-state index contributed by atoms with van der Waals surface area (Å²) in [5.74, 6) is -1.84. The summed E-state index contributed by atoms with van der Waals surface area (Å²) < 4.78 is 10.8. The molecule has 0 spiro atoms. The van der Waals surface area contributed by atoms with Crippen LogP contribution in [0.1, 0.15) is 251 Å². The monoisotopic (exact) mass is 872 g/mol. The van der Waals surface area contributed by atoms with Crippen molar-refractivity contribution in [2.75, 3.05) is 6.61 Å². The average molecular weight is 872 g/mol. The molecule has 8 atom stereocenters. The van der Waals surface area contributed by atoms with Gasteiger partial charge in [-0.25, -0.2) is 4.79 Å². The molecule has 0 aromatic carbocycles. The number of aliphatic hydroxyl groups excluding tert-OH is 5. The average Bonchev–Trinajstić information content (AvgIpc) is 3.25. The van der Waals surface area contributed by atoms with Crippen LogP contribution >= 0.6 is 0 Å². The lowest BCUT2D eigenvalue weighted by Gasteiger charge is -2.39. The van der Waals surface area contributed by atoms with E-state index in [0.717, 1.165) is 38.5 Å². The number of hydrogen-bond acceptors (Lipinski definition) is 9. The van der Waals surface area contributed by atoms with Crippen LogP contribution in [0.3, 0.4) is 0 Å². The Bertz CT molecular complexity index is 1000. The number of unbranched alkanes of at least 4 members (excludes halogenated alkanes) is 33. The maximum Gasteiger partial charge on any atom is 0.335 e. The second kappa shape index (κ2) is 40.2. The normalized spacial score (nSPS) is 20.7. The fourth-order valence-electron chi connectivity index (χ4n) is 8.60. The van der Waals surface area contributed by atoms with E-state index in [4.69, 9.17) is 9.47 Å². The summed E-state index contributed by atoms with van der Waals surface area (Å²) in [5.41, 5.74) is 0. The molecular formula is C50H97NO10. The van der Waals surface area contributed by atoms with Gasteiger partial charge in [-0.05, 0) is 12.8 Å². The summed E-state index contributed by atoms with van der Waals surface area (Å²) in [6, 6.07) is -1.08. The van der Waals surface area contributed by atoms with Gasteiger partial charge in [0.1, 0.15) is 24.4 Å². The molecule has 0 saturated carbocycles. The van der Waals surface area contributed by atoms with Crippen molar-refractivity contribution in [1.82, 2.24) is 5.32 Å². The SMILES string of the molecule is CCCCCCCCCCCCCCCCCCCCCCCCCC(=O)N[C@@H](COC1OC(C(=O)O)C(O)C(O)C1O)[C@H](O)[C@H](O)CCCCCCCCCCCCCC. The minimum absolute atomic E-state index is 0.242. The van der Waals surface area contributed by atoms with Gasteiger partial charge in [0.25, 0.3) is 0 Å². The van der Waals surface area contributed by atoms with Crippen molar-refractivity contribution in [3.05, 3.63) is 0 Å². The van der Waals surface area contributed by atoms with Gasteiger partial charge in [0.2, 0.25) is 5.91 Å². The largest absolute Gasteiger partial charge is 0.479 e. The van der Waals surface area contributed by atoms with Crippen LogP contribution in [-0.2, 0) is 19.1 Å². The van der Waals surface area contributed by atoms with Crippen molar-refractivity contribution >= 4 is 11.9 Å². The van der Waals surface area contributed by atoms with Crippen LogP contribution in [0.15, 0.2) is 0 Å². The fourth-order valence-corrected chi connectivity index (χ4v) is 8.60. The van der Waals surface area contributed by atoms with Gasteiger partial charge in [-0.15, -0.1) is 0 Å². The van der Waals surface area contributed by atoms with Gasteiger partial charge in [-0.2, -0.15) is 0 Å². The van der Waals surface area contributed by atoms with E-state index in [2.05, 4.69) is 19.2 Å². The van der Waals surface area contributed by atoms with E-state index in [1.54, 1.807) is 0 Å². The smallest absolute Gasteiger partial charge is 0.335 e. The van der Waals surface area contributed by atoms with Crippen molar-refractivity contribution < 1.29 is 49.7 Å². The molecule has 1 aliphatic heterocycles. The van der Waals surface area contributed by atoms with E-state index in [-0.39, 0.29) is 12.3 Å². The molecule has 0 aromatic rings. The van der Waals surface area contributed by atoms with Crippen molar-refractivity contribution in [1.29, 1.82) is 0 Å². The Morgan fingerprint density at radius 2 is 0.852 bits per heavy atom. The molecule has 11 heteroatoms. The zero-order valence-electron chi connectivity index (χ0n) is 39.3. The fraction of sp³-hybridized carbons (Fsp3) is 0.960. The van der Waals surface area contributed by atoms with Gasteiger partial charge >= 0.3 is 5.97 Å². The summed E-state index contributed by atoms with van der Waals surface area (Å²) in [4.78, 5) is 24.6. The molecule has 61 heavy (non-hydrogen) atoms. The molecule has 1 rings (SSSR count). The topological polar surface area (TPSA) is 186 Å². The van der Waals surface area contributed by atoms with E-state index >= 15 is 0 Å². The predicted molar refractivity (Wildman–Crippen MR) is 246 cm³/mol. The molecule has 1 fully saturated rings. The van der Waals surface area contributed by atoms with E-state index in [0.29, 0.717) is 19.3 Å². The zero-order valence-corrected chi connectivity index (χ0v) is 39.3. The number of carboxylic acids is 1. The van der Waals surface area contributed by atoms with Crippen LogP contribution in [0, 0.1) is 0 Å². The molecule has 1 aliphatic rings. The zero-order chi connectivity index (χ0) is 44.8. The van der Waals surface area contributed by atoms with Crippen LogP contribution in [0.25, 0.3) is 0 Å². The number of ether oxygens (including phenoxy) is 2. The van der Waals surface area contributed by atoms with Crippen molar-refractivity contribution in [3.8, 4) is 0 Å². The number of nitrogens with one attached hydrogen (secondary N) is 1. The first kappa shape index (κ1) is 57.7. The lowest BCUT2D eigenvalue weighted by molar-refractivity contribution is -0.296. The quantitative estimate of drug-likeness (QED) is 0.0291. The van der Waals surface area contributed by atoms with Crippen LogP contribution in [0.2, 0.25) is 0 Å². The summed E-state index contributed by atoms with van der Waals surface area (Å²) >= 11 is 0. The highest BCUT2D eigenvalue weighted by molar-refractivity contribution is 5.76. The molecule has 0 aliphatic carbocycles. The van der Waals surface area contributed by atoms with Crippen LogP contribution in [0.4, 0.5) is 0 Å². The molecule has 5 unspecified atom stereocenters. The second-order valence-electron chi connectivity index (χ2n) is 18.5. The number of hydrogen-bond donors (Lipinski definition) is 7. The highest BCUT2D eigenvalue weighted by atomic mass is 16.7. The summed E-state index contributed by atoms with van der Waals surface area (Å²) in [6.45, 7) is 4.09. The highest BCUT2D eigenvalue weighted by Gasteiger charge is 2.48. The predicted octanol–water partition coefficient (Wildman–Crippen LogP) is 10.6. The number of carboxylic acid groups (broad SMARTS) is 1. The molecule has 1 saturated heterocycles. The van der Waals surface area contributed by atoms with E-state index < -0.39 is 61.5 Å². The first-order chi connectivity index (χ1) is 29.6. The second-order valence-corrected chi connectivity index (χ2v) is 18.5. The lowest BCUT2D eigenvalue weighted by atomic mass is 9.98. The Hall–Kier alpha value is -1.34. The third kappa shape index (κ3) is 30.4. The van der Waals surface area contributed by atoms with Gasteiger partial charge in [-0.1, -0.05) is 232 Å². The minimum Gasteiger partial charge on any atom is -0.479 e. The number of carbonyl (C=O) groups excluding carboxylic acids is 1. The molecule has 0 bridgehead atoms. The molecule has 11 nitrogen and oxygen atoms in total. The Morgan fingerprint density at radius 3 is 1.21 bits per heavy atom. The number of aliphatic hydroxyl groups is 5.